The van der Waals surface area contributed by atoms with Gasteiger partial charge in [-0.3, -0.25) is 0 Å². The lowest BCUT2D eigenvalue weighted by Gasteiger charge is -2.08. The Labute approximate surface area is 111 Å². The number of hydrogen-bond acceptors (Lipinski definition) is 2. The van der Waals surface area contributed by atoms with Gasteiger partial charge in [-0.25, -0.2) is 4.39 Å². The Kier molecular flexibility index (Phi) is 2.90. The van der Waals surface area contributed by atoms with Crippen LogP contribution in [0.25, 0.3) is 11.1 Å². The molecular formula is C16H14FO2. The molecule has 1 atom stereocenters. The molecule has 1 aliphatic heterocycles. The van der Waals surface area contributed by atoms with Crippen molar-refractivity contribution in [2.24, 2.45) is 0 Å². The molecule has 3 rings (SSSR count). The maximum Gasteiger partial charge on any atom is 0.165 e. The molecule has 3 heteroatoms. The molecule has 0 aromatic heterocycles. The molecule has 1 unspecified atom stereocenters. The summed E-state index contributed by atoms with van der Waals surface area (Å²) in [5.74, 6) is 0.762. The highest BCUT2D eigenvalue weighted by Crippen LogP contribution is 2.36. The molecule has 19 heavy (non-hydrogen) atoms. The summed E-state index contributed by atoms with van der Waals surface area (Å²) in [6.45, 7) is 3.81. The minimum Gasteiger partial charge on any atom is -0.497 e. The SMILES string of the molecule is [CH2]C1Cc2cc(-c3cccc(OC)c3)cc(F)c2O1. The molecule has 0 fully saturated rings. The lowest BCUT2D eigenvalue weighted by atomic mass is 10.0. The van der Waals surface area contributed by atoms with Gasteiger partial charge in [0.2, 0.25) is 0 Å². The summed E-state index contributed by atoms with van der Waals surface area (Å²) < 4.78 is 24.6. The first-order valence-electron chi connectivity index (χ1n) is 6.14. The molecule has 1 heterocycles. The average molecular weight is 257 g/mol. The van der Waals surface area contributed by atoms with E-state index in [2.05, 4.69) is 6.92 Å². The minimum absolute atomic E-state index is 0.204. The van der Waals surface area contributed by atoms with Gasteiger partial charge in [-0.1, -0.05) is 12.1 Å². The predicted octanol–water partition coefficient (Wildman–Crippen LogP) is 3.64. The summed E-state index contributed by atoms with van der Waals surface area (Å²) in [7, 11) is 1.61. The number of rotatable bonds is 2. The van der Waals surface area contributed by atoms with Gasteiger partial charge >= 0.3 is 0 Å². The quantitative estimate of drug-likeness (QED) is 0.817. The third-order valence-corrected chi connectivity index (χ3v) is 3.26. The molecule has 0 saturated carbocycles. The zero-order valence-corrected chi connectivity index (χ0v) is 10.7. The molecule has 1 radical (unpaired) electrons. The number of benzene rings is 2. The number of fused-ring (bicyclic) bond motifs is 1. The molecule has 0 aliphatic carbocycles. The second-order valence-corrected chi connectivity index (χ2v) is 4.62. The number of hydrogen-bond donors (Lipinski definition) is 0. The van der Waals surface area contributed by atoms with Crippen LogP contribution < -0.4 is 9.47 Å². The van der Waals surface area contributed by atoms with Crippen LogP contribution in [0.1, 0.15) is 5.56 Å². The third kappa shape index (κ3) is 2.16. The summed E-state index contributed by atoms with van der Waals surface area (Å²) in [6, 6.07) is 11.0. The fourth-order valence-corrected chi connectivity index (χ4v) is 2.36. The monoisotopic (exact) mass is 257 g/mol. The molecule has 2 aromatic carbocycles. The van der Waals surface area contributed by atoms with Crippen LogP contribution in [-0.4, -0.2) is 13.2 Å². The Hall–Kier alpha value is -2.03. The Bertz CT molecular complexity index is 622. The molecular weight excluding hydrogens is 243 g/mol. The maximum absolute atomic E-state index is 14.0. The first-order valence-corrected chi connectivity index (χ1v) is 6.14. The van der Waals surface area contributed by atoms with E-state index in [4.69, 9.17) is 9.47 Å². The molecule has 2 aromatic rings. The van der Waals surface area contributed by atoms with E-state index in [-0.39, 0.29) is 11.9 Å². The van der Waals surface area contributed by atoms with Gasteiger partial charge in [0.1, 0.15) is 11.9 Å². The summed E-state index contributed by atoms with van der Waals surface area (Å²) in [4.78, 5) is 0. The van der Waals surface area contributed by atoms with Gasteiger partial charge < -0.3 is 9.47 Å². The fraction of sp³-hybridized carbons (Fsp3) is 0.188. The van der Waals surface area contributed by atoms with Gasteiger partial charge in [0.15, 0.2) is 11.6 Å². The standard InChI is InChI=1S/C16H14FO2/c1-10-6-13-7-12(9-15(17)16(13)19-10)11-4-3-5-14(8-11)18-2/h3-5,7-10H,1,6H2,2H3. The van der Waals surface area contributed by atoms with E-state index < -0.39 is 0 Å². The van der Waals surface area contributed by atoms with E-state index in [1.807, 2.05) is 30.3 Å². The highest BCUT2D eigenvalue weighted by atomic mass is 19.1. The lowest BCUT2D eigenvalue weighted by molar-refractivity contribution is 0.269. The number of methoxy groups -OCH3 is 1. The Morgan fingerprint density at radius 1 is 1.26 bits per heavy atom. The lowest BCUT2D eigenvalue weighted by Crippen LogP contribution is -2.06. The predicted molar refractivity (Wildman–Crippen MR) is 71.9 cm³/mol. The largest absolute Gasteiger partial charge is 0.497 e. The van der Waals surface area contributed by atoms with Crippen LogP contribution in [0.15, 0.2) is 36.4 Å². The molecule has 0 N–H and O–H groups in total. The highest BCUT2D eigenvalue weighted by Gasteiger charge is 2.23. The van der Waals surface area contributed by atoms with Crippen LogP contribution in [0.5, 0.6) is 11.5 Å². The average Bonchev–Trinajstić information content (AvgIpc) is 2.80. The topological polar surface area (TPSA) is 18.5 Å². The zero-order valence-electron chi connectivity index (χ0n) is 10.7. The maximum atomic E-state index is 14.0. The van der Waals surface area contributed by atoms with E-state index in [1.165, 1.54) is 6.07 Å². The molecule has 0 amide bonds. The smallest absolute Gasteiger partial charge is 0.165 e. The summed E-state index contributed by atoms with van der Waals surface area (Å²) >= 11 is 0. The van der Waals surface area contributed by atoms with Crippen molar-refractivity contribution in [1.82, 2.24) is 0 Å². The van der Waals surface area contributed by atoms with Gasteiger partial charge in [0.25, 0.3) is 0 Å². The number of halogens is 1. The third-order valence-electron chi connectivity index (χ3n) is 3.26. The van der Waals surface area contributed by atoms with E-state index in [0.717, 1.165) is 22.4 Å². The molecule has 2 nitrogen and oxygen atoms in total. The van der Waals surface area contributed by atoms with E-state index in [9.17, 15) is 4.39 Å². The Morgan fingerprint density at radius 2 is 2.11 bits per heavy atom. The number of ether oxygens (including phenoxy) is 2. The summed E-state index contributed by atoms with van der Waals surface area (Å²) in [6.07, 6.45) is 0.439. The van der Waals surface area contributed by atoms with Crippen molar-refractivity contribution in [1.29, 1.82) is 0 Å². The van der Waals surface area contributed by atoms with Gasteiger partial charge in [-0.15, -0.1) is 0 Å². The van der Waals surface area contributed by atoms with Crippen LogP contribution >= 0.6 is 0 Å². The molecule has 0 saturated heterocycles. The zero-order chi connectivity index (χ0) is 13.4. The van der Waals surface area contributed by atoms with Crippen molar-refractivity contribution in [3.63, 3.8) is 0 Å². The van der Waals surface area contributed by atoms with Crippen molar-refractivity contribution < 1.29 is 13.9 Å². The first-order chi connectivity index (χ1) is 9.17. The normalized spacial score (nSPS) is 16.9. The fourth-order valence-electron chi connectivity index (χ4n) is 2.36. The van der Waals surface area contributed by atoms with Crippen LogP contribution in [0, 0.1) is 12.7 Å². The van der Waals surface area contributed by atoms with Gasteiger partial charge in [0, 0.05) is 12.0 Å². The highest BCUT2D eigenvalue weighted by molar-refractivity contribution is 5.68. The second-order valence-electron chi connectivity index (χ2n) is 4.62. The summed E-state index contributed by atoms with van der Waals surface area (Å²) in [5, 5.41) is 0. The molecule has 97 valence electrons. The Morgan fingerprint density at radius 3 is 2.89 bits per heavy atom. The van der Waals surface area contributed by atoms with Gasteiger partial charge in [-0.05, 0) is 42.3 Å². The molecule has 1 aliphatic rings. The van der Waals surface area contributed by atoms with Crippen molar-refractivity contribution in [2.75, 3.05) is 7.11 Å². The van der Waals surface area contributed by atoms with E-state index in [0.29, 0.717) is 12.2 Å². The van der Waals surface area contributed by atoms with Gasteiger partial charge in [-0.2, -0.15) is 0 Å². The van der Waals surface area contributed by atoms with Gasteiger partial charge in [0.05, 0.1) is 7.11 Å². The van der Waals surface area contributed by atoms with Crippen molar-refractivity contribution in [3.05, 3.63) is 54.7 Å². The van der Waals surface area contributed by atoms with Crippen LogP contribution in [-0.2, 0) is 6.42 Å². The first kappa shape index (κ1) is 12.0. The second kappa shape index (κ2) is 4.57. The summed E-state index contributed by atoms with van der Waals surface area (Å²) in [5.41, 5.74) is 2.62. The van der Waals surface area contributed by atoms with Crippen molar-refractivity contribution in [2.45, 2.75) is 12.5 Å². The Balaban J connectivity index is 2.07. The van der Waals surface area contributed by atoms with Crippen LogP contribution in [0.3, 0.4) is 0 Å². The minimum atomic E-state index is -0.332. The van der Waals surface area contributed by atoms with Crippen molar-refractivity contribution >= 4 is 0 Å². The molecule has 0 spiro atoms. The van der Waals surface area contributed by atoms with Crippen LogP contribution in [0.4, 0.5) is 4.39 Å². The van der Waals surface area contributed by atoms with E-state index >= 15 is 0 Å². The van der Waals surface area contributed by atoms with Crippen LogP contribution in [0.2, 0.25) is 0 Å². The van der Waals surface area contributed by atoms with E-state index in [1.54, 1.807) is 7.11 Å². The van der Waals surface area contributed by atoms with Crippen molar-refractivity contribution in [3.8, 4) is 22.6 Å². The molecule has 0 bridgehead atoms.